The summed E-state index contributed by atoms with van der Waals surface area (Å²) in [5.74, 6) is -1.61. The van der Waals surface area contributed by atoms with Crippen molar-refractivity contribution in [3.05, 3.63) is 46.0 Å². The van der Waals surface area contributed by atoms with E-state index in [0.717, 1.165) is 18.4 Å². The third-order valence-electron chi connectivity index (χ3n) is 6.70. The molecule has 35 heavy (non-hydrogen) atoms. The van der Waals surface area contributed by atoms with E-state index in [1.54, 1.807) is 18.2 Å². The van der Waals surface area contributed by atoms with E-state index in [2.05, 4.69) is 5.32 Å². The molecule has 1 saturated heterocycles. The maximum atomic E-state index is 13.4. The standard InChI is InChI=1S/C26H33Cl2N3O4/c1-3-5-13-29-24(33)22(4-2)31(16-17-10-11-20(27)21(28)15-17)23(32)12-14-30-25(34)18-8-6-7-9-19(18)26(30)35/h6-7,10-11,15,18-19,22H,3-5,8-9,12-14,16H2,1-2H3,(H,29,33)/t18-,19+,22-/m1/s1. The largest absolute Gasteiger partial charge is 0.354 e. The van der Waals surface area contributed by atoms with Crippen LogP contribution in [0, 0.1) is 11.8 Å². The number of likely N-dealkylation sites (tertiary alicyclic amines) is 1. The second-order valence-corrected chi connectivity index (χ2v) is 9.89. The second kappa shape index (κ2) is 12.5. The number of carbonyl (C=O) groups excluding carboxylic acids is 4. The lowest BCUT2D eigenvalue weighted by atomic mass is 9.85. The van der Waals surface area contributed by atoms with Gasteiger partial charge in [-0.25, -0.2) is 0 Å². The van der Waals surface area contributed by atoms with Gasteiger partial charge in [0.05, 0.1) is 21.9 Å². The molecule has 3 rings (SSSR count). The number of fused-ring (bicyclic) bond motifs is 1. The average molecular weight is 522 g/mol. The lowest BCUT2D eigenvalue weighted by Gasteiger charge is -2.31. The first-order chi connectivity index (χ1) is 16.8. The summed E-state index contributed by atoms with van der Waals surface area (Å²) >= 11 is 12.2. The molecule has 0 unspecified atom stereocenters. The Hall–Kier alpha value is -2.38. The quantitative estimate of drug-likeness (QED) is 0.266. The second-order valence-electron chi connectivity index (χ2n) is 9.07. The molecule has 4 amide bonds. The number of allylic oxidation sites excluding steroid dienone is 2. The number of carbonyl (C=O) groups is 4. The number of benzene rings is 1. The molecule has 1 N–H and O–H groups in total. The number of amides is 4. The van der Waals surface area contributed by atoms with Crippen molar-refractivity contribution < 1.29 is 19.2 Å². The van der Waals surface area contributed by atoms with Gasteiger partial charge in [0, 0.05) is 26.1 Å². The Morgan fingerprint density at radius 2 is 1.74 bits per heavy atom. The maximum absolute atomic E-state index is 13.4. The molecular formula is C26H33Cl2N3O4. The summed E-state index contributed by atoms with van der Waals surface area (Å²) in [6, 6.07) is 4.41. The van der Waals surface area contributed by atoms with Crippen molar-refractivity contribution in [2.45, 2.75) is 65.0 Å². The van der Waals surface area contributed by atoms with Crippen LogP contribution >= 0.6 is 23.2 Å². The lowest BCUT2D eigenvalue weighted by molar-refractivity contribution is -0.144. The Balaban J connectivity index is 1.75. The molecule has 1 aliphatic carbocycles. The molecule has 3 atom stereocenters. The normalized spacial score (nSPS) is 20.1. The zero-order valence-electron chi connectivity index (χ0n) is 20.3. The molecule has 1 aromatic rings. The van der Waals surface area contributed by atoms with Crippen molar-refractivity contribution in [1.29, 1.82) is 0 Å². The summed E-state index contributed by atoms with van der Waals surface area (Å²) in [5, 5.41) is 3.68. The van der Waals surface area contributed by atoms with Crippen LogP contribution in [-0.2, 0) is 25.7 Å². The Bertz CT molecular complexity index is 971. The summed E-state index contributed by atoms with van der Waals surface area (Å²) < 4.78 is 0. The monoisotopic (exact) mass is 521 g/mol. The minimum absolute atomic E-state index is 0.00919. The van der Waals surface area contributed by atoms with Crippen LogP contribution in [0.3, 0.4) is 0 Å². The van der Waals surface area contributed by atoms with Gasteiger partial charge in [-0.15, -0.1) is 0 Å². The van der Waals surface area contributed by atoms with Crippen molar-refractivity contribution in [2.24, 2.45) is 11.8 Å². The Labute approximate surface area is 216 Å². The van der Waals surface area contributed by atoms with Crippen LogP contribution in [0.5, 0.6) is 0 Å². The Morgan fingerprint density at radius 1 is 1.09 bits per heavy atom. The minimum Gasteiger partial charge on any atom is -0.354 e. The van der Waals surface area contributed by atoms with E-state index in [1.807, 2.05) is 26.0 Å². The molecule has 7 nitrogen and oxygen atoms in total. The van der Waals surface area contributed by atoms with Crippen LogP contribution in [-0.4, -0.2) is 52.6 Å². The number of hydrogen-bond donors (Lipinski definition) is 1. The van der Waals surface area contributed by atoms with E-state index >= 15 is 0 Å². The first kappa shape index (κ1) is 27.2. The molecule has 1 aliphatic heterocycles. The summed E-state index contributed by atoms with van der Waals surface area (Å²) in [6.07, 6.45) is 7.13. The van der Waals surface area contributed by atoms with Crippen LogP contribution in [0.4, 0.5) is 0 Å². The Kier molecular flexibility index (Phi) is 9.75. The maximum Gasteiger partial charge on any atom is 0.242 e. The highest BCUT2D eigenvalue weighted by atomic mass is 35.5. The molecule has 0 aromatic heterocycles. The van der Waals surface area contributed by atoms with Crippen molar-refractivity contribution in [3.8, 4) is 0 Å². The van der Waals surface area contributed by atoms with Gasteiger partial charge in [0.1, 0.15) is 6.04 Å². The molecule has 0 spiro atoms. The van der Waals surface area contributed by atoms with E-state index in [4.69, 9.17) is 23.2 Å². The van der Waals surface area contributed by atoms with Crippen LogP contribution in [0.15, 0.2) is 30.4 Å². The fraction of sp³-hybridized carbons (Fsp3) is 0.538. The highest BCUT2D eigenvalue weighted by Gasteiger charge is 2.47. The third kappa shape index (κ3) is 6.44. The van der Waals surface area contributed by atoms with Crippen molar-refractivity contribution in [1.82, 2.24) is 15.1 Å². The van der Waals surface area contributed by atoms with E-state index in [-0.39, 0.29) is 55.0 Å². The number of imide groups is 1. The molecule has 0 radical (unpaired) electrons. The molecule has 2 aliphatic rings. The van der Waals surface area contributed by atoms with Gasteiger partial charge in [0.2, 0.25) is 23.6 Å². The SMILES string of the molecule is CCCCNC(=O)[C@@H](CC)N(Cc1ccc(Cl)c(Cl)c1)C(=O)CCN1C(=O)[C@H]2CC=CC[C@H]2C1=O. The predicted octanol–water partition coefficient (Wildman–Crippen LogP) is 4.36. The number of nitrogens with one attached hydrogen (secondary N) is 1. The van der Waals surface area contributed by atoms with Crippen LogP contribution in [0.1, 0.15) is 57.9 Å². The molecule has 0 bridgehead atoms. The molecule has 1 fully saturated rings. The van der Waals surface area contributed by atoms with Gasteiger partial charge in [0.25, 0.3) is 0 Å². The number of unbranched alkanes of at least 4 members (excludes halogenated alkanes) is 1. The number of rotatable bonds is 11. The lowest BCUT2D eigenvalue weighted by Crippen LogP contribution is -2.49. The Morgan fingerprint density at radius 3 is 2.31 bits per heavy atom. The van der Waals surface area contributed by atoms with Crippen LogP contribution in [0.2, 0.25) is 10.0 Å². The number of hydrogen-bond acceptors (Lipinski definition) is 4. The molecule has 190 valence electrons. The van der Waals surface area contributed by atoms with Gasteiger partial charge in [0.15, 0.2) is 0 Å². The predicted molar refractivity (Wildman–Crippen MR) is 136 cm³/mol. The fourth-order valence-electron chi connectivity index (χ4n) is 4.70. The van der Waals surface area contributed by atoms with Gasteiger partial charge in [-0.1, -0.05) is 61.7 Å². The summed E-state index contributed by atoms with van der Waals surface area (Å²) in [5.41, 5.74) is 0.734. The summed E-state index contributed by atoms with van der Waals surface area (Å²) in [4.78, 5) is 54.7. The van der Waals surface area contributed by atoms with Crippen LogP contribution < -0.4 is 5.32 Å². The average Bonchev–Trinajstić information content (AvgIpc) is 3.09. The van der Waals surface area contributed by atoms with Gasteiger partial charge < -0.3 is 10.2 Å². The van der Waals surface area contributed by atoms with E-state index < -0.39 is 6.04 Å². The van der Waals surface area contributed by atoms with E-state index in [0.29, 0.717) is 35.9 Å². The topological polar surface area (TPSA) is 86.8 Å². The first-order valence-corrected chi connectivity index (χ1v) is 13.0. The minimum atomic E-state index is -0.689. The molecule has 1 aromatic carbocycles. The molecule has 9 heteroatoms. The van der Waals surface area contributed by atoms with Gasteiger partial charge in [-0.05, 0) is 43.4 Å². The summed E-state index contributed by atoms with van der Waals surface area (Å²) in [7, 11) is 0. The first-order valence-electron chi connectivity index (χ1n) is 12.3. The van der Waals surface area contributed by atoms with E-state index in [1.165, 1.54) is 9.80 Å². The number of nitrogens with zero attached hydrogens (tertiary/aromatic N) is 2. The third-order valence-corrected chi connectivity index (χ3v) is 7.44. The summed E-state index contributed by atoms with van der Waals surface area (Å²) in [6.45, 7) is 4.59. The van der Waals surface area contributed by atoms with Crippen molar-refractivity contribution >= 4 is 46.8 Å². The molecule has 0 saturated carbocycles. The smallest absolute Gasteiger partial charge is 0.242 e. The van der Waals surface area contributed by atoms with Crippen molar-refractivity contribution in [3.63, 3.8) is 0 Å². The van der Waals surface area contributed by atoms with Gasteiger partial charge in [-0.2, -0.15) is 0 Å². The fourth-order valence-corrected chi connectivity index (χ4v) is 5.02. The van der Waals surface area contributed by atoms with Crippen molar-refractivity contribution in [2.75, 3.05) is 13.1 Å². The highest BCUT2D eigenvalue weighted by molar-refractivity contribution is 6.42. The van der Waals surface area contributed by atoms with Gasteiger partial charge in [-0.3, -0.25) is 24.1 Å². The zero-order valence-corrected chi connectivity index (χ0v) is 21.8. The molecule has 1 heterocycles. The number of halogens is 2. The molecular weight excluding hydrogens is 489 g/mol. The van der Waals surface area contributed by atoms with Gasteiger partial charge >= 0.3 is 0 Å². The highest BCUT2D eigenvalue weighted by Crippen LogP contribution is 2.35. The zero-order chi connectivity index (χ0) is 25.5. The van der Waals surface area contributed by atoms with E-state index in [9.17, 15) is 19.2 Å². The van der Waals surface area contributed by atoms with Crippen LogP contribution in [0.25, 0.3) is 0 Å².